The van der Waals surface area contributed by atoms with Crippen molar-refractivity contribution >= 4 is 0 Å². The fourth-order valence-electron chi connectivity index (χ4n) is 2.47. The van der Waals surface area contributed by atoms with Gasteiger partial charge in [0.05, 0.1) is 44.7 Å². The van der Waals surface area contributed by atoms with E-state index in [9.17, 15) is 0 Å². The summed E-state index contributed by atoms with van der Waals surface area (Å²) in [4.78, 5) is 0. The third-order valence-corrected chi connectivity index (χ3v) is 4.25. The Hall–Kier alpha value is -1.14. The van der Waals surface area contributed by atoms with Crippen LogP contribution in [0.3, 0.4) is 0 Å². The highest BCUT2D eigenvalue weighted by Gasteiger charge is 2.07. The summed E-state index contributed by atoms with van der Waals surface area (Å²) in [5, 5.41) is 17.6. The number of aliphatic hydroxyl groups is 2. The summed E-state index contributed by atoms with van der Waals surface area (Å²) in [6.45, 7) is 9.22. The van der Waals surface area contributed by atoms with Gasteiger partial charge in [-0.15, -0.1) is 0 Å². The summed E-state index contributed by atoms with van der Waals surface area (Å²) in [5.41, 5.74) is 0. The summed E-state index contributed by atoms with van der Waals surface area (Å²) in [6.07, 6.45) is 8.70. The minimum absolute atomic E-state index is 0.0170. The molecule has 170 valence electrons. The molecule has 1 aromatic carbocycles. The van der Waals surface area contributed by atoms with Crippen LogP contribution in [-0.2, 0) is 9.47 Å². The highest BCUT2D eigenvalue weighted by molar-refractivity contribution is 5.20. The molecule has 3 atom stereocenters. The van der Waals surface area contributed by atoms with Gasteiger partial charge in [-0.1, -0.05) is 63.6 Å². The molecule has 0 aliphatic rings. The third kappa shape index (κ3) is 19.9. The number of para-hydroxylation sites is 1. The highest BCUT2D eigenvalue weighted by atomic mass is 16.5. The van der Waals surface area contributed by atoms with Crippen LogP contribution in [0.15, 0.2) is 30.3 Å². The van der Waals surface area contributed by atoms with E-state index in [-0.39, 0.29) is 18.8 Å². The van der Waals surface area contributed by atoms with E-state index in [0.717, 1.165) is 12.4 Å². The van der Waals surface area contributed by atoms with E-state index in [1.165, 1.54) is 44.9 Å². The lowest BCUT2D eigenvalue weighted by molar-refractivity contribution is -0.0620. The van der Waals surface area contributed by atoms with Crippen LogP contribution in [0.25, 0.3) is 0 Å². The van der Waals surface area contributed by atoms with Gasteiger partial charge >= 0.3 is 0 Å². The Labute approximate surface area is 178 Å². The highest BCUT2D eigenvalue weighted by Crippen LogP contribution is 2.10. The molecule has 0 radical (unpaired) electrons. The second-order valence-corrected chi connectivity index (χ2v) is 7.60. The van der Waals surface area contributed by atoms with Crippen LogP contribution in [0, 0.1) is 0 Å². The first kappa shape index (κ1) is 27.9. The van der Waals surface area contributed by atoms with Crippen LogP contribution in [0.2, 0.25) is 0 Å². The first-order valence-electron chi connectivity index (χ1n) is 11.2. The lowest BCUT2D eigenvalue weighted by Gasteiger charge is -2.16. The Kier molecular flexibility index (Phi) is 19.4. The van der Waals surface area contributed by atoms with Gasteiger partial charge in [-0.25, -0.2) is 0 Å². The van der Waals surface area contributed by atoms with Crippen LogP contribution >= 0.6 is 0 Å². The zero-order chi connectivity index (χ0) is 21.7. The number of aliphatic hydroxyl groups excluding tert-OH is 2. The smallest absolute Gasteiger partial charge is 0.119 e. The van der Waals surface area contributed by atoms with Gasteiger partial charge in [-0.3, -0.25) is 0 Å². The molecule has 0 heterocycles. The van der Waals surface area contributed by atoms with Gasteiger partial charge in [0.1, 0.15) is 5.75 Å². The molecule has 0 saturated carbocycles. The van der Waals surface area contributed by atoms with Crippen LogP contribution in [-0.4, -0.2) is 55.0 Å². The van der Waals surface area contributed by atoms with Gasteiger partial charge in [-0.05, 0) is 39.3 Å². The van der Waals surface area contributed by atoms with E-state index in [4.69, 9.17) is 24.4 Å². The average molecular weight is 413 g/mol. The molecule has 29 heavy (non-hydrogen) atoms. The van der Waals surface area contributed by atoms with Crippen LogP contribution < -0.4 is 4.74 Å². The summed E-state index contributed by atoms with van der Waals surface area (Å²) < 4.78 is 16.1. The maximum atomic E-state index is 8.92. The van der Waals surface area contributed by atoms with Gasteiger partial charge < -0.3 is 24.4 Å². The van der Waals surface area contributed by atoms with Gasteiger partial charge in [0, 0.05) is 0 Å². The summed E-state index contributed by atoms with van der Waals surface area (Å²) >= 11 is 0. The lowest BCUT2D eigenvalue weighted by Crippen LogP contribution is -2.24. The molecular weight excluding hydrogens is 368 g/mol. The van der Waals surface area contributed by atoms with Crippen molar-refractivity contribution < 1.29 is 24.4 Å². The normalized spacial score (nSPS) is 13.9. The molecule has 0 spiro atoms. The quantitative estimate of drug-likeness (QED) is 0.375. The molecule has 0 bridgehead atoms. The fraction of sp³-hybridized carbons (Fsp3) is 0.750. The maximum absolute atomic E-state index is 8.92. The summed E-state index contributed by atoms with van der Waals surface area (Å²) in [7, 11) is 0. The van der Waals surface area contributed by atoms with Crippen LogP contribution in [0.5, 0.6) is 5.75 Å². The van der Waals surface area contributed by atoms with E-state index in [0.29, 0.717) is 13.2 Å². The second kappa shape index (κ2) is 20.1. The number of unbranched alkanes of at least 4 members (excludes halogenated alkanes) is 6. The summed E-state index contributed by atoms with van der Waals surface area (Å²) in [6, 6.07) is 10.1. The monoisotopic (exact) mass is 412 g/mol. The SMILES string of the molecule is CC(O)COC(C)COC(C)CO.CCCCCCCCCOc1ccccc1. The number of hydrogen-bond acceptors (Lipinski definition) is 5. The van der Waals surface area contributed by atoms with Crippen molar-refractivity contribution in [2.45, 2.75) is 91.0 Å². The molecule has 5 heteroatoms. The van der Waals surface area contributed by atoms with Crippen molar-refractivity contribution in [2.24, 2.45) is 0 Å². The molecule has 0 aliphatic heterocycles. The minimum Gasteiger partial charge on any atom is -0.494 e. The van der Waals surface area contributed by atoms with Crippen molar-refractivity contribution in [3.63, 3.8) is 0 Å². The van der Waals surface area contributed by atoms with E-state index in [1.54, 1.807) is 13.8 Å². The largest absolute Gasteiger partial charge is 0.494 e. The number of hydrogen-bond donors (Lipinski definition) is 2. The van der Waals surface area contributed by atoms with Crippen molar-refractivity contribution in [3.8, 4) is 5.75 Å². The first-order valence-corrected chi connectivity index (χ1v) is 11.2. The number of rotatable bonds is 16. The van der Waals surface area contributed by atoms with Crippen molar-refractivity contribution in [1.29, 1.82) is 0 Å². The van der Waals surface area contributed by atoms with Crippen molar-refractivity contribution in [3.05, 3.63) is 30.3 Å². The number of benzene rings is 1. The van der Waals surface area contributed by atoms with Gasteiger partial charge in [-0.2, -0.15) is 0 Å². The van der Waals surface area contributed by atoms with Crippen molar-refractivity contribution in [1.82, 2.24) is 0 Å². The first-order chi connectivity index (χ1) is 14.0. The molecule has 5 nitrogen and oxygen atoms in total. The van der Waals surface area contributed by atoms with E-state index in [2.05, 4.69) is 6.92 Å². The third-order valence-electron chi connectivity index (χ3n) is 4.25. The molecule has 0 fully saturated rings. The fourth-order valence-corrected chi connectivity index (χ4v) is 2.47. The standard InChI is InChI=1S/C15H24O.C9H20O4/c1-2-3-4-5-6-7-11-14-16-15-12-9-8-10-13-15;1-7(11)5-12-9(3)6-13-8(2)4-10/h8-10,12-13H,2-7,11,14H2,1H3;7-11H,4-6H2,1-3H3. The molecular formula is C24H44O5. The van der Waals surface area contributed by atoms with Gasteiger partial charge in [0.25, 0.3) is 0 Å². The average Bonchev–Trinajstić information content (AvgIpc) is 2.73. The predicted molar refractivity (Wildman–Crippen MR) is 120 cm³/mol. The van der Waals surface area contributed by atoms with Crippen molar-refractivity contribution in [2.75, 3.05) is 26.4 Å². The second-order valence-electron chi connectivity index (χ2n) is 7.60. The zero-order valence-corrected chi connectivity index (χ0v) is 19.0. The van der Waals surface area contributed by atoms with Crippen LogP contribution in [0.4, 0.5) is 0 Å². The Morgan fingerprint density at radius 1 is 0.793 bits per heavy atom. The van der Waals surface area contributed by atoms with Crippen LogP contribution in [0.1, 0.15) is 72.6 Å². The van der Waals surface area contributed by atoms with Gasteiger partial charge in [0.15, 0.2) is 0 Å². The molecule has 1 aromatic rings. The van der Waals surface area contributed by atoms with E-state index < -0.39 is 6.10 Å². The Morgan fingerprint density at radius 2 is 1.38 bits per heavy atom. The lowest BCUT2D eigenvalue weighted by atomic mass is 10.1. The Morgan fingerprint density at radius 3 is 1.97 bits per heavy atom. The Bertz CT molecular complexity index is 438. The molecule has 0 aromatic heterocycles. The van der Waals surface area contributed by atoms with Gasteiger partial charge in [0.2, 0.25) is 0 Å². The topological polar surface area (TPSA) is 68.2 Å². The molecule has 1 rings (SSSR count). The zero-order valence-electron chi connectivity index (χ0n) is 19.0. The minimum atomic E-state index is -0.447. The number of ether oxygens (including phenoxy) is 3. The van der Waals surface area contributed by atoms with E-state index in [1.807, 2.05) is 37.3 Å². The maximum Gasteiger partial charge on any atom is 0.119 e. The van der Waals surface area contributed by atoms with E-state index >= 15 is 0 Å². The Balaban J connectivity index is 0.000000555. The molecule has 0 saturated heterocycles. The molecule has 0 amide bonds. The molecule has 2 N–H and O–H groups in total. The summed E-state index contributed by atoms with van der Waals surface area (Å²) in [5.74, 6) is 0.994. The predicted octanol–water partition coefficient (Wildman–Crippen LogP) is 4.99. The molecule has 3 unspecified atom stereocenters. The molecule has 0 aliphatic carbocycles.